The second kappa shape index (κ2) is 13.6. The van der Waals surface area contributed by atoms with Crippen LogP contribution in [0.25, 0.3) is 17.1 Å². The van der Waals surface area contributed by atoms with Gasteiger partial charge >= 0.3 is 12.3 Å². The molecule has 9 nitrogen and oxygen atoms in total. The molecule has 4 aromatic rings. The van der Waals surface area contributed by atoms with E-state index in [-0.39, 0.29) is 23.6 Å². The van der Waals surface area contributed by atoms with Crippen LogP contribution in [0.15, 0.2) is 83.0 Å². The van der Waals surface area contributed by atoms with Crippen LogP contribution >= 0.6 is 23.5 Å². The molecule has 16 heteroatoms. The maximum atomic E-state index is 13.4. The number of thioether (sulfide) groups is 2. The van der Waals surface area contributed by atoms with Crippen LogP contribution in [0.2, 0.25) is 0 Å². The van der Waals surface area contributed by atoms with Gasteiger partial charge in [-0.25, -0.2) is 0 Å². The monoisotopic (exact) mass is 701 g/mol. The fraction of sp³-hybridized carbons (Fsp3) is 0.281. The van der Waals surface area contributed by atoms with Crippen molar-refractivity contribution in [3.8, 4) is 22.8 Å². The summed E-state index contributed by atoms with van der Waals surface area (Å²) in [6, 6.07) is 19.8. The number of benzene rings is 3. The standard InChI is InChI=1S/C32H28F5N7O2S2/c1-19(2)25-5-3-4-6-26(25)43-27(45)18-48-30(43)41-38-15-20-7-9-21(10-8-20)28-40-29(39-22-16-47-17-22)44(42-28)23-11-13-24(14-12-23)46-32(36,37)31(33,34)35/h3-15,19,22H,16-18H2,1-2H3,(H,39,40,42). The van der Waals surface area contributed by atoms with Gasteiger partial charge in [0.1, 0.15) is 5.75 Å². The van der Waals surface area contributed by atoms with Crippen LogP contribution in [0.3, 0.4) is 0 Å². The Morgan fingerprint density at radius 1 is 1.00 bits per heavy atom. The third kappa shape index (κ3) is 7.18. The number of nitrogens with zero attached hydrogens (tertiary/aromatic N) is 6. The van der Waals surface area contributed by atoms with E-state index in [1.165, 1.54) is 28.6 Å². The molecule has 2 aliphatic heterocycles. The highest BCUT2D eigenvalue weighted by Crippen LogP contribution is 2.38. The molecule has 0 atom stereocenters. The summed E-state index contributed by atoms with van der Waals surface area (Å²) in [5, 5.41) is 17.0. The topological polar surface area (TPSA) is 97.0 Å². The van der Waals surface area contributed by atoms with E-state index in [9.17, 15) is 26.7 Å². The van der Waals surface area contributed by atoms with Crippen molar-refractivity contribution >= 4 is 52.4 Å². The van der Waals surface area contributed by atoms with E-state index in [0.717, 1.165) is 40.5 Å². The van der Waals surface area contributed by atoms with Crippen LogP contribution in [0, 0.1) is 0 Å². The van der Waals surface area contributed by atoms with Crippen molar-refractivity contribution in [1.82, 2.24) is 14.8 Å². The van der Waals surface area contributed by atoms with Crippen LogP contribution in [0.4, 0.5) is 33.6 Å². The Labute approximate surface area is 280 Å². The lowest BCUT2D eigenvalue weighted by Crippen LogP contribution is -2.41. The number of hydrogen-bond donors (Lipinski definition) is 1. The highest BCUT2D eigenvalue weighted by atomic mass is 32.2. The number of amides is 1. The molecule has 0 unspecified atom stereocenters. The molecule has 2 fully saturated rings. The van der Waals surface area contributed by atoms with Gasteiger partial charge in [-0.05, 0) is 47.4 Å². The van der Waals surface area contributed by atoms with Gasteiger partial charge in [-0.15, -0.1) is 10.2 Å². The lowest BCUT2D eigenvalue weighted by molar-refractivity contribution is -0.360. The number of carbonyl (C=O) groups excluding carboxylic acids is 1. The molecular formula is C32H28F5N7O2S2. The minimum absolute atomic E-state index is 0.0597. The minimum atomic E-state index is -5.85. The molecule has 0 bridgehead atoms. The molecule has 1 aromatic heterocycles. The Kier molecular flexibility index (Phi) is 9.47. The number of amidine groups is 1. The lowest BCUT2D eigenvalue weighted by atomic mass is 10.0. The Bertz CT molecular complexity index is 1840. The normalized spacial score (nSPS) is 16.7. The summed E-state index contributed by atoms with van der Waals surface area (Å²) >= 11 is 3.08. The van der Waals surface area contributed by atoms with E-state index in [4.69, 9.17) is 0 Å². The SMILES string of the molecule is CC(C)c1ccccc1N1C(=O)CSC1=NN=Cc1ccc(-c2nc(NC3CSC3)n(-c3ccc(OC(F)(F)C(F)(F)F)cc3)n2)cc1. The van der Waals surface area contributed by atoms with Gasteiger partial charge in [0.25, 0.3) is 0 Å². The smallest absolute Gasteiger partial charge is 0.426 e. The first-order valence-corrected chi connectivity index (χ1v) is 16.8. The van der Waals surface area contributed by atoms with Crippen LogP contribution in [0.1, 0.15) is 30.9 Å². The van der Waals surface area contributed by atoms with Crippen LogP contribution in [-0.4, -0.2) is 67.6 Å². The number of para-hydroxylation sites is 1. The number of halogens is 5. The van der Waals surface area contributed by atoms with Gasteiger partial charge in [0.05, 0.1) is 23.3 Å². The molecule has 2 aliphatic rings. The summed E-state index contributed by atoms with van der Waals surface area (Å²) in [7, 11) is 0. The molecular weight excluding hydrogens is 674 g/mol. The average Bonchev–Trinajstić information content (AvgIpc) is 3.62. The van der Waals surface area contributed by atoms with E-state index in [1.807, 2.05) is 24.3 Å². The third-order valence-corrected chi connectivity index (χ3v) is 9.51. The number of alkyl halides is 5. The van der Waals surface area contributed by atoms with Crippen molar-refractivity contribution in [3.05, 3.63) is 83.9 Å². The van der Waals surface area contributed by atoms with Crippen molar-refractivity contribution in [2.45, 2.75) is 38.1 Å². The average molecular weight is 702 g/mol. The second-order valence-corrected chi connectivity index (χ2v) is 13.2. The Hall–Kier alpha value is -4.44. The van der Waals surface area contributed by atoms with Gasteiger partial charge in [0.15, 0.2) is 11.0 Å². The third-order valence-electron chi connectivity index (χ3n) is 7.32. The Balaban J connectivity index is 1.20. The van der Waals surface area contributed by atoms with E-state index in [0.29, 0.717) is 28.2 Å². The van der Waals surface area contributed by atoms with Gasteiger partial charge in [-0.2, -0.15) is 48.5 Å². The fourth-order valence-corrected chi connectivity index (χ4v) is 6.24. The molecule has 0 radical (unpaired) electrons. The fourth-order valence-electron chi connectivity index (χ4n) is 4.79. The zero-order valence-electron chi connectivity index (χ0n) is 25.5. The molecule has 2 saturated heterocycles. The quantitative estimate of drug-likeness (QED) is 0.103. The summed E-state index contributed by atoms with van der Waals surface area (Å²) in [6.45, 7) is 4.14. The van der Waals surface area contributed by atoms with Crippen molar-refractivity contribution < 1.29 is 31.5 Å². The zero-order valence-corrected chi connectivity index (χ0v) is 27.1. The largest absolute Gasteiger partial charge is 0.499 e. The molecule has 0 spiro atoms. The summed E-state index contributed by atoms with van der Waals surface area (Å²) in [4.78, 5) is 19.0. The van der Waals surface area contributed by atoms with Gasteiger partial charge in [0, 0.05) is 23.1 Å². The molecule has 0 saturated carbocycles. The highest BCUT2D eigenvalue weighted by Gasteiger charge is 2.61. The minimum Gasteiger partial charge on any atom is -0.426 e. The van der Waals surface area contributed by atoms with E-state index >= 15 is 0 Å². The number of hydrogen-bond acceptors (Lipinski definition) is 9. The van der Waals surface area contributed by atoms with Crippen molar-refractivity contribution in [2.75, 3.05) is 27.5 Å². The summed E-state index contributed by atoms with van der Waals surface area (Å²) in [6.07, 6.45) is -9.61. The number of anilines is 2. The van der Waals surface area contributed by atoms with E-state index < -0.39 is 18.0 Å². The molecule has 48 heavy (non-hydrogen) atoms. The molecule has 3 aromatic carbocycles. The maximum absolute atomic E-state index is 13.4. The number of ether oxygens (including phenoxy) is 1. The predicted molar refractivity (Wildman–Crippen MR) is 179 cm³/mol. The first kappa shape index (κ1) is 33.5. The summed E-state index contributed by atoms with van der Waals surface area (Å²) in [5.41, 5.74) is 3.62. The number of carbonyl (C=O) groups is 1. The van der Waals surface area contributed by atoms with Gasteiger partial charge in [-0.3, -0.25) is 9.69 Å². The van der Waals surface area contributed by atoms with E-state index in [1.54, 1.807) is 47.1 Å². The van der Waals surface area contributed by atoms with Crippen LogP contribution < -0.4 is 15.0 Å². The number of nitrogens with one attached hydrogen (secondary N) is 1. The summed E-state index contributed by atoms with van der Waals surface area (Å²) in [5.74, 6) is 2.24. The zero-order chi connectivity index (χ0) is 34.1. The number of rotatable bonds is 10. The Morgan fingerprint density at radius 3 is 2.35 bits per heavy atom. The van der Waals surface area contributed by atoms with Gasteiger partial charge in [-0.1, -0.05) is 68.1 Å². The number of aromatic nitrogens is 3. The maximum Gasteiger partial charge on any atom is 0.499 e. The molecule has 1 N–H and O–H groups in total. The lowest BCUT2D eigenvalue weighted by Gasteiger charge is -2.26. The molecule has 250 valence electrons. The molecule has 6 rings (SSSR count). The van der Waals surface area contributed by atoms with Crippen molar-refractivity contribution in [1.29, 1.82) is 0 Å². The highest BCUT2D eigenvalue weighted by molar-refractivity contribution is 8.15. The first-order valence-electron chi connectivity index (χ1n) is 14.7. The predicted octanol–water partition coefficient (Wildman–Crippen LogP) is 7.59. The van der Waals surface area contributed by atoms with Gasteiger partial charge in [0.2, 0.25) is 11.9 Å². The summed E-state index contributed by atoms with van der Waals surface area (Å²) < 4.78 is 69.8. The van der Waals surface area contributed by atoms with Crippen LogP contribution in [0.5, 0.6) is 5.75 Å². The van der Waals surface area contributed by atoms with Gasteiger partial charge < -0.3 is 10.1 Å². The Morgan fingerprint density at radius 2 is 1.71 bits per heavy atom. The van der Waals surface area contributed by atoms with Crippen molar-refractivity contribution in [2.24, 2.45) is 10.2 Å². The first-order chi connectivity index (χ1) is 22.9. The second-order valence-electron chi connectivity index (χ2n) is 11.1. The van der Waals surface area contributed by atoms with Crippen LogP contribution in [-0.2, 0) is 4.79 Å². The molecule has 0 aliphatic carbocycles. The molecule has 1 amide bonds. The van der Waals surface area contributed by atoms with Crippen molar-refractivity contribution in [3.63, 3.8) is 0 Å². The van der Waals surface area contributed by atoms with E-state index in [2.05, 4.69) is 44.2 Å². The molecule has 3 heterocycles.